The Morgan fingerprint density at radius 1 is 1.18 bits per heavy atom. The minimum atomic E-state index is -2.54. The second-order valence-corrected chi connectivity index (χ2v) is 7.17. The van der Waals surface area contributed by atoms with Crippen LogP contribution < -0.4 is 4.57 Å². The molecule has 0 spiro atoms. The molecule has 0 amide bonds. The molecule has 4 aromatic rings. The van der Waals surface area contributed by atoms with Gasteiger partial charge in [-0.2, -0.15) is 4.57 Å². The number of hydrogen-bond donors (Lipinski definition) is 0. The summed E-state index contributed by atoms with van der Waals surface area (Å²) < 4.78 is 64.4. The van der Waals surface area contributed by atoms with Crippen LogP contribution in [-0.4, -0.2) is 0 Å². The number of fused-ring (bicyclic) bond motifs is 3. The fraction of sp³-hybridized carbons (Fsp3) is 0.280. The Morgan fingerprint density at radius 2 is 2.00 bits per heavy atom. The van der Waals surface area contributed by atoms with Crippen LogP contribution >= 0.6 is 0 Å². The van der Waals surface area contributed by atoms with Gasteiger partial charge in [0.1, 0.15) is 18.2 Å². The van der Waals surface area contributed by atoms with E-state index in [4.69, 9.17) is 20.6 Å². The second kappa shape index (κ2) is 6.49. The molecule has 3 nitrogen and oxygen atoms in total. The number of benzene rings is 2. The molecule has 0 saturated carbocycles. The highest BCUT2D eigenvalue weighted by molar-refractivity contribution is 6.11. The van der Waals surface area contributed by atoms with Gasteiger partial charge in [0, 0.05) is 39.4 Å². The van der Waals surface area contributed by atoms with Crippen molar-refractivity contribution < 1.29 is 18.6 Å². The van der Waals surface area contributed by atoms with Crippen LogP contribution in [0, 0.1) is 27.3 Å². The van der Waals surface area contributed by atoms with Crippen molar-refractivity contribution >= 4 is 27.6 Å². The van der Waals surface area contributed by atoms with Crippen molar-refractivity contribution in [3.05, 3.63) is 70.2 Å². The van der Waals surface area contributed by atoms with Crippen molar-refractivity contribution in [2.45, 2.75) is 40.4 Å². The fourth-order valence-corrected chi connectivity index (χ4v) is 3.69. The van der Waals surface area contributed by atoms with Crippen LogP contribution in [0.1, 0.15) is 51.6 Å². The molecule has 2 aromatic carbocycles. The summed E-state index contributed by atoms with van der Waals surface area (Å²) in [6.45, 7) is 7.50. The molecule has 3 heteroatoms. The van der Waals surface area contributed by atoms with Crippen LogP contribution in [0.2, 0.25) is 0 Å². The van der Waals surface area contributed by atoms with E-state index in [1.807, 2.05) is 31.5 Å². The van der Waals surface area contributed by atoms with Crippen molar-refractivity contribution in [2.75, 3.05) is 0 Å². The minimum absolute atomic E-state index is 0.0463. The van der Waals surface area contributed by atoms with Gasteiger partial charge >= 0.3 is 0 Å². The second-order valence-electron chi connectivity index (χ2n) is 7.17. The third-order valence-electron chi connectivity index (χ3n) is 5.30. The highest BCUT2D eigenvalue weighted by atomic mass is 16.3. The third kappa shape index (κ3) is 2.68. The first-order valence-electron chi connectivity index (χ1n) is 12.5. The number of furan rings is 1. The predicted molar refractivity (Wildman–Crippen MR) is 115 cm³/mol. The Labute approximate surface area is 175 Å². The number of nitrogens with zero attached hydrogens (tertiary/aromatic N) is 2. The van der Waals surface area contributed by atoms with Gasteiger partial charge in [-0.3, -0.25) is 0 Å². The summed E-state index contributed by atoms with van der Waals surface area (Å²) in [5.41, 5.74) is 4.22. The summed E-state index contributed by atoms with van der Waals surface area (Å²) in [6, 6.07) is 9.98. The van der Waals surface area contributed by atoms with E-state index < -0.39 is 19.6 Å². The lowest BCUT2D eigenvalue weighted by molar-refractivity contribution is -0.666. The maximum absolute atomic E-state index is 8.61. The molecule has 0 N–H and O–H groups in total. The summed E-state index contributed by atoms with van der Waals surface area (Å²) in [4.78, 5) is 3.41. The van der Waals surface area contributed by atoms with Crippen molar-refractivity contribution in [3.63, 3.8) is 0 Å². The van der Waals surface area contributed by atoms with Gasteiger partial charge in [-0.15, -0.1) is 0 Å². The van der Waals surface area contributed by atoms with Gasteiger partial charge in [0.15, 0.2) is 11.4 Å². The zero-order valence-electron chi connectivity index (χ0n) is 23.3. The van der Waals surface area contributed by atoms with E-state index in [0.717, 1.165) is 11.3 Å². The van der Waals surface area contributed by atoms with Crippen LogP contribution in [0.5, 0.6) is 0 Å². The molecule has 2 aromatic heterocycles. The van der Waals surface area contributed by atoms with E-state index in [0.29, 0.717) is 38.8 Å². The highest BCUT2D eigenvalue weighted by Crippen LogP contribution is 2.40. The molecule has 0 aliphatic carbocycles. The lowest BCUT2D eigenvalue weighted by Gasteiger charge is -2.11. The normalized spacial score (nSPS) is 18.2. The molecule has 4 rings (SSSR count). The maximum atomic E-state index is 8.61. The lowest BCUT2D eigenvalue weighted by atomic mass is 9.96. The topological polar surface area (TPSA) is 21.4 Å². The van der Waals surface area contributed by atoms with Gasteiger partial charge in [0.05, 0.1) is 12.1 Å². The molecule has 1 unspecified atom stereocenters. The Kier molecular flexibility index (Phi) is 2.70. The number of rotatable bonds is 2. The standard InChI is InChI=1S/C25H25N2O/c1-14(2)18-11-17(5)27(7)21(12-18)24-15(3)8-9-20-23-16(4)10-19(26-6)13-22(23)28-25(20)24/h8-14H,1-5,7H3/q+1/i1D3,4D3,14D. The Morgan fingerprint density at radius 3 is 2.71 bits per heavy atom. The molecule has 1 atom stereocenters. The monoisotopic (exact) mass is 376 g/mol. The molecule has 0 aliphatic heterocycles. The summed E-state index contributed by atoms with van der Waals surface area (Å²) >= 11 is 0. The van der Waals surface area contributed by atoms with Crippen molar-refractivity contribution in [1.29, 1.82) is 0 Å². The van der Waals surface area contributed by atoms with Gasteiger partial charge in [0.2, 0.25) is 5.69 Å². The third-order valence-corrected chi connectivity index (χ3v) is 5.30. The molecule has 0 aliphatic rings. The molecular weight excluding hydrogens is 344 g/mol. The van der Waals surface area contributed by atoms with Crippen LogP contribution in [-0.2, 0) is 7.05 Å². The lowest BCUT2D eigenvalue weighted by Crippen LogP contribution is -2.35. The fourth-order valence-electron chi connectivity index (χ4n) is 3.69. The van der Waals surface area contributed by atoms with E-state index in [-0.39, 0.29) is 11.3 Å². The van der Waals surface area contributed by atoms with Crippen LogP contribution in [0.4, 0.5) is 5.69 Å². The molecule has 0 radical (unpaired) electrons. The summed E-state index contributed by atoms with van der Waals surface area (Å²) in [5, 5.41) is 1.02. The zero-order chi connectivity index (χ0) is 26.1. The minimum Gasteiger partial charge on any atom is -0.456 e. The molecule has 28 heavy (non-hydrogen) atoms. The molecule has 2 heterocycles. The van der Waals surface area contributed by atoms with Gasteiger partial charge in [-0.1, -0.05) is 32.0 Å². The Hall–Kier alpha value is -3.12. The summed E-state index contributed by atoms with van der Waals surface area (Å²) in [6.07, 6.45) is 0. The van der Waals surface area contributed by atoms with E-state index in [9.17, 15) is 0 Å². The average Bonchev–Trinajstić information content (AvgIpc) is 3.11. The van der Waals surface area contributed by atoms with Gasteiger partial charge in [0.25, 0.3) is 0 Å². The van der Waals surface area contributed by atoms with Crippen molar-refractivity contribution in [2.24, 2.45) is 7.05 Å². The first-order valence-corrected chi connectivity index (χ1v) is 8.97. The van der Waals surface area contributed by atoms with Gasteiger partial charge < -0.3 is 4.42 Å². The average molecular weight is 377 g/mol. The molecular formula is C25H25N2O+. The highest BCUT2D eigenvalue weighted by Gasteiger charge is 2.23. The van der Waals surface area contributed by atoms with E-state index >= 15 is 0 Å². The number of aryl methyl sites for hydroxylation is 3. The first kappa shape index (κ1) is 11.7. The van der Waals surface area contributed by atoms with Gasteiger partial charge in [-0.25, -0.2) is 4.85 Å². The quantitative estimate of drug-likeness (QED) is 0.282. The molecule has 0 saturated heterocycles. The smallest absolute Gasteiger partial charge is 0.216 e. The van der Waals surface area contributed by atoms with Gasteiger partial charge in [-0.05, 0) is 42.4 Å². The number of aromatic nitrogens is 1. The van der Waals surface area contributed by atoms with Crippen molar-refractivity contribution in [3.8, 4) is 11.3 Å². The largest absolute Gasteiger partial charge is 0.456 e. The zero-order valence-corrected chi connectivity index (χ0v) is 16.3. The maximum Gasteiger partial charge on any atom is 0.216 e. The summed E-state index contributed by atoms with van der Waals surface area (Å²) in [5.74, 6) is -1.84. The van der Waals surface area contributed by atoms with E-state index in [2.05, 4.69) is 4.85 Å². The van der Waals surface area contributed by atoms with Crippen LogP contribution in [0.3, 0.4) is 0 Å². The number of hydrogen-bond acceptors (Lipinski definition) is 1. The Bertz CT molecular complexity index is 1540. The molecule has 140 valence electrons. The Balaban J connectivity index is 2.14. The molecule has 0 bridgehead atoms. The van der Waals surface area contributed by atoms with E-state index in [1.54, 1.807) is 18.2 Å². The predicted octanol–water partition coefficient (Wildman–Crippen LogP) is 6.68. The van der Waals surface area contributed by atoms with Crippen LogP contribution in [0.25, 0.3) is 38.0 Å². The SMILES string of the molecule is [2H]C([2H])([2H])c1cc([N+]#[C-])cc2oc3c(-c4cc(C([2H])(C)C([2H])([2H])[2H])cc(C)[n+]4C)c(C)ccc3c12. The van der Waals surface area contributed by atoms with Crippen molar-refractivity contribution in [1.82, 2.24) is 0 Å². The molecule has 0 fully saturated rings. The van der Waals surface area contributed by atoms with Crippen LogP contribution in [0.15, 0.2) is 40.8 Å². The number of pyridine rings is 1. The summed E-state index contributed by atoms with van der Waals surface area (Å²) in [7, 11) is 1.84. The van der Waals surface area contributed by atoms with E-state index in [1.165, 1.54) is 19.1 Å². The first-order chi connectivity index (χ1) is 16.1.